The van der Waals surface area contributed by atoms with Crippen molar-refractivity contribution in [1.29, 1.82) is 0 Å². The molecule has 0 saturated carbocycles. The molecule has 0 aliphatic rings. The summed E-state index contributed by atoms with van der Waals surface area (Å²) in [5, 5.41) is 0. The van der Waals surface area contributed by atoms with E-state index in [9.17, 15) is 18.0 Å². The van der Waals surface area contributed by atoms with E-state index >= 15 is 0 Å². The maximum Gasteiger partial charge on any atom is 0.337 e. The molecule has 0 radical (unpaired) electrons. The predicted octanol–water partition coefficient (Wildman–Crippen LogP) is 0.806. The Hall–Kier alpha value is -1.98. The zero-order valence-electron chi connectivity index (χ0n) is 9.13. The topological polar surface area (TPSA) is 89.9 Å². The van der Waals surface area contributed by atoms with Crippen LogP contribution in [-0.4, -0.2) is 27.6 Å². The number of esters is 1. The van der Waals surface area contributed by atoms with Gasteiger partial charge in [0.1, 0.15) is 0 Å². The first kappa shape index (κ1) is 13.1. The Labute approximate surface area is 98.0 Å². The Morgan fingerprint density at radius 3 is 2.59 bits per heavy atom. The number of isocyanates is 1. The van der Waals surface area contributed by atoms with Gasteiger partial charge in [-0.1, -0.05) is 10.5 Å². The van der Waals surface area contributed by atoms with Crippen LogP contribution in [0.5, 0.6) is 0 Å². The summed E-state index contributed by atoms with van der Waals surface area (Å²) in [4.78, 5) is 21.0. The molecular formula is C10H9NO5S. The standard InChI is InChI=1S/C10H9NO5S/c1-7-3-4-8(10(13)16-2)5-9(7)17(14,15)11-6-12/h3-5H,1-2H3. The van der Waals surface area contributed by atoms with Gasteiger partial charge in [-0.15, -0.1) is 0 Å². The van der Waals surface area contributed by atoms with Crippen molar-refractivity contribution in [2.45, 2.75) is 11.8 Å². The van der Waals surface area contributed by atoms with Gasteiger partial charge < -0.3 is 4.74 Å². The molecule has 0 fully saturated rings. The second kappa shape index (κ2) is 4.90. The van der Waals surface area contributed by atoms with Crippen LogP contribution < -0.4 is 0 Å². The summed E-state index contributed by atoms with van der Waals surface area (Å²) in [6.45, 7) is 1.52. The number of methoxy groups -OCH3 is 1. The molecule has 0 amide bonds. The molecule has 0 unspecified atom stereocenters. The molecule has 7 heteroatoms. The maximum atomic E-state index is 11.5. The van der Waals surface area contributed by atoms with Crippen LogP contribution in [0, 0.1) is 6.92 Å². The summed E-state index contributed by atoms with van der Waals surface area (Å²) in [6.07, 6.45) is 0.967. The summed E-state index contributed by atoms with van der Waals surface area (Å²) in [7, 11) is -2.93. The van der Waals surface area contributed by atoms with Crippen LogP contribution in [0.2, 0.25) is 0 Å². The van der Waals surface area contributed by atoms with Crippen molar-refractivity contribution in [2.24, 2.45) is 4.40 Å². The van der Waals surface area contributed by atoms with E-state index in [0.29, 0.717) is 5.56 Å². The van der Waals surface area contributed by atoms with Gasteiger partial charge in [0.25, 0.3) is 16.1 Å². The van der Waals surface area contributed by atoms with Crippen molar-refractivity contribution in [3.63, 3.8) is 0 Å². The summed E-state index contributed by atoms with van der Waals surface area (Å²) >= 11 is 0. The fourth-order valence-corrected chi connectivity index (χ4v) is 2.17. The van der Waals surface area contributed by atoms with E-state index in [1.54, 1.807) is 0 Å². The fraction of sp³-hybridized carbons (Fsp3) is 0.200. The first-order valence-electron chi connectivity index (χ1n) is 4.45. The van der Waals surface area contributed by atoms with E-state index in [0.717, 1.165) is 12.1 Å². The van der Waals surface area contributed by atoms with Crippen LogP contribution in [0.3, 0.4) is 0 Å². The average Bonchev–Trinajstić information content (AvgIpc) is 2.28. The normalized spacial score (nSPS) is 10.5. The van der Waals surface area contributed by atoms with Gasteiger partial charge in [0, 0.05) is 0 Å². The Kier molecular flexibility index (Phi) is 3.77. The number of benzene rings is 1. The Morgan fingerprint density at radius 1 is 1.41 bits per heavy atom. The molecule has 0 heterocycles. The lowest BCUT2D eigenvalue weighted by molar-refractivity contribution is 0.0600. The van der Waals surface area contributed by atoms with E-state index in [2.05, 4.69) is 9.13 Å². The van der Waals surface area contributed by atoms with Crippen molar-refractivity contribution in [3.05, 3.63) is 29.3 Å². The van der Waals surface area contributed by atoms with E-state index in [4.69, 9.17) is 0 Å². The van der Waals surface area contributed by atoms with Crippen LogP contribution in [0.15, 0.2) is 27.5 Å². The predicted molar refractivity (Wildman–Crippen MR) is 57.8 cm³/mol. The SMILES string of the molecule is COC(=O)c1ccc(C)c(S(=O)(=O)N=C=O)c1. The van der Waals surface area contributed by atoms with Crippen molar-refractivity contribution < 1.29 is 22.7 Å². The third-order valence-corrected chi connectivity index (χ3v) is 3.36. The lowest BCUT2D eigenvalue weighted by atomic mass is 10.1. The number of hydrogen-bond donors (Lipinski definition) is 0. The quantitative estimate of drug-likeness (QED) is 0.453. The molecule has 0 aromatic heterocycles. The summed E-state index contributed by atoms with van der Waals surface area (Å²) < 4.78 is 30.3. The molecule has 0 aliphatic heterocycles. The van der Waals surface area contributed by atoms with Gasteiger partial charge in [0.05, 0.1) is 17.6 Å². The summed E-state index contributed by atoms with van der Waals surface area (Å²) in [5.41, 5.74) is 0.439. The van der Waals surface area contributed by atoms with Gasteiger partial charge >= 0.3 is 5.97 Å². The third-order valence-electron chi connectivity index (χ3n) is 2.04. The zero-order valence-corrected chi connectivity index (χ0v) is 9.95. The average molecular weight is 255 g/mol. The minimum atomic E-state index is -4.11. The Morgan fingerprint density at radius 2 is 2.06 bits per heavy atom. The lowest BCUT2D eigenvalue weighted by Crippen LogP contribution is -2.05. The first-order chi connectivity index (χ1) is 7.92. The minimum absolute atomic E-state index is 0.0674. The molecule has 1 aromatic carbocycles. The van der Waals surface area contributed by atoms with Gasteiger partial charge in [-0.25, -0.2) is 9.59 Å². The Bertz CT molecular complexity index is 599. The maximum absolute atomic E-state index is 11.5. The number of hydrogen-bond acceptors (Lipinski definition) is 5. The number of carbonyl (C=O) groups excluding carboxylic acids is 2. The van der Waals surface area contributed by atoms with Crippen molar-refractivity contribution in [2.75, 3.05) is 7.11 Å². The molecule has 0 saturated heterocycles. The van der Waals surface area contributed by atoms with Crippen molar-refractivity contribution in [1.82, 2.24) is 0 Å². The summed E-state index contributed by atoms with van der Waals surface area (Å²) in [6, 6.07) is 3.96. The molecule has 1 aromatic rings. The van der Waals surface area contributed by atoms with E-state index in [1.807, 2.05) is 0 Å². The van der Waals surface area contributed by atoms with E-state index in [1.165, 1.54) is 26.2 Å². The molecule has 0 spiro atoms. The molecule has 0 N–H and O–H groups in total. The second-order valence-electron chi connectivity index (χ2n) is 3.13. The molecule has 17 heavy (non-hydrogen) atoms. The van der Waals surface area contributed by atoms with Gasteiger partial charge in [-0.3, -0.25) is 0 Å². The smallest absolute Gasteiger partial charge is 0.337 e. The molecule has 0 atom stereocenters. The number of rotatable bonds is 3. The third kappa shape index (κ3) is 2.77. The van der Waals surface area contributed by atoms with Crippen LogP contribution in [0.25, 0.3) is 0 Å². The number of aryl methyl sites for hydroxylation is 1. The highest BCUT2D eigenvalue weighted by Gasteiger charge is 2.18. The van der Waals surface area contributed by atoms with Crippen LogP contribution in [0.4, 0.5) is 0 Å². The van der Waals surface area contributed by atoms with Gasteiger partial charge in [0.2, 0.25) is 0 Å². The summed E-state index contributed by atoms with van der Waals surface area (Å²) in [5.74, 6) is -0.670. The molecule has 0 aliphatic carbocycles. The highest BCUT2D eigenvalue weighted by Crippen LogP contribution is 2.19. The second-order valence-corrected chi connectivity index (χ2v) is 4.70. The van der Waals surface area contributed by atoms with E-state index in [-0.39, 0.29) is 10.5 Å². The van der Waals surface area contributed by atoms with Gasteiger partial charge in [0.15, 0.2) is 0 Å². The van der Waals surface area contributed by atoms with Crippen LogP contribution in [-0.2, 0) is 19.6 Å². The zero-order chi connectivity index (χ0) is 13.1. The molecule has 6 nitrogen and oxygen atoms in total. The fourth-order valence-electron chi connectivity index (χ4n) is 1.22. The van der Waals surface area contributed by atoms with Crippen LogP contribution >= 0.6 is 0 Å². The number of nitrogens with zero attached hydrogens (tertiary/aromatic N) is 1. The first-order valence-corrected chi connectivity index (χ1v) is 5.89. The molecular weight excluding hydrogens is 246 g/mol. The van der Waals surface area contributed by atoms with Crippen LogP contribution in [0.1, 0.15) is 15.9 Å². The monoisotopic (exact) mass is 255 g/mol. The van der Waals surface area contributed by atoms with E-state index < -0.39 is 16.0 Å². The highest BCUT2D eigenvalue weighted by atomic mass is 32.2. The van der Waals surface area contributed by atoms with Crippen molar-refractivity contribution >= 4 is 22.1 Å². The van der Waals surface area contributed by atoms with Gasteiger partial charge in [-0.05, 0) is 24.6 Å². The lowest BCUT2D eigenvalue weighted by Gasteiger charge is -2.04. The van der Waals surface area contributed by atoms with Crippen molar-refractivity contribution in [3.8, 4) is 0 Å². The largest absolute Gasteiger partial charge is 0.465 e. The molecule has 90 valence electrons. The number of ether oxygens (including phenoxy) is 1. The molecule has 0 bridgehead atoms. The highest BCUT2D eigenvalue weighted by molar-refractivity contribution is 7.90. The number of carbonyl (C=O) groups is 1. The minimum Gasteiger partial charge on any atom is -0.465 e. The number of sulfonamides is 1. The van der Waals surface area contributed by atoms with Gasteiger partial charge in [-0.2, -0.15) is 8.42 Å². The molecule has 1 rings (SSSR count). The Balaban J connectivity index is 3.44.